The maximum absolute atomic E-state index is 11.4. The monoisotopic (exact) mass is 394 g/mol. The summed E-state index contributed by atoms with van der Waals surface area (Å²) in [4.78, 5) is 25.1. The SMILES string of the molecule is CC(=O)CSc1nnc(-c2cc(-c3ccc4cn[nH]c4c3)cc([N+](=O)[O-])c2)[nH]1. The number of nitro benzene ring substituents is 1. The van der Waals surface area contributed by atoms with E-state index in [2.05, 4.69) is 25.4 Å². The van der Waals surface area contributed by atoms with Gasteiger partial charge in [-0.05, 0) is 30.2 Å². The predicted octanol–water partition coefficient (Wildman–Crippen LogP) is 3.60. The van der Waals surface area contributed by atoms with E-state index in [-0.39, 0.29) is 17.2 Å². The molecule has 140 valence electrons. The highest BCUT2D eigenvalue weighted by atomic mass is 32.2. The molecule has 0 atom stereocenters. The van der Waals surface area contributed by atoms with Crippen LogP contribution in [-0.2, 0) is 4.79 Å². The number of nitro groups is 1. The molecule has 2 aromatic heterocycles. The van der Waals surface area contributed by atoms with Crippen LogP contribution in [0.3, 0.4) is 0 Å². The summed E-state index contributed by atoms with van der Waals surface area (Å²) in [5, 5.41) is 27.8. The van der Waals surface area contributed by atoms with Gasteiger partial charge in [0.05, 0.1) is 22.4 Å². The van der Waals surface area contributed by atoms with Crippen molar-refractivity contribution in [2.45, 2.75) is 12.1 Å². The fourth-order valence-electron chi connectivity index (χ4n) is 2.75. The summed E-state index contributed by atoms with van der Waals surface area (Å²) in [7, 11) is 0. The number of nitrogens with one attached hydrogen (secondary N) is 2. The van der Waals surface area contributed by atoms with E-state index < -0.39 is 4.92 Å². The first-order valence-corrected chi connectivity index (χ1v) is 9.26. The largest absolute Gasteiger partial charge is 0.316 e. The summed E-state index contributed by atoms with van der Waals surface area (Å²) >= 11 is 1.23. The highest BCUT2D eigenvalue weighted by Crippen LogP contribution is 2.31. The molecule has 9 nitrogen and oxygen atoms in total. The zero-order valence-electron chi connectivity index (χ0n) is 14.7. The van der Waals surface area contributed by atoms with Gasteiger partial charge in [0.2, 0.25) is 0 Å². The number of rotatable bonds is 6. The molecule has 0 bridgehead atoms. The van der Waals surface area contributed by atoms with E-state index in [1.165, 1.54) is 30.8 Å². The summed E-state index contributed by atoms with van der Waals surface area (Å²) in [5.41, 5.74) is 2.82. The molecule has 2 aromatic carbocycles. The minimum Gasteiger partial charge on any atom is -0.316 e. The number of aromatic amines is 2. The van der Waals surface area contributed by atoms with Crippen molar-refractivity contribution in [3.63, 3.8) is 0 Å². The first kappa shape index (κ1) is 17.9. The molecule has 0 aliphatic rings. The number of hydrogen-bond donors (Lipinski definition) is 2. The number of carbonyl (C=O) groups excluding carboxylic acids is 1. The topological polar surface area (TPSA) is 130 Å². The van der Waals surface area contributed by atoms with Crippen molar-refractivity contribution in [3.05, 3.63) is 52.7 Å². The van der Waals surface area contributed by atoms with E-state index in [1.807, 2.05) is 24.3 Å². The van der Waals surface area contributed by atoms with Crippen molar-refractivity contribution >= 4 is 34.1 Å². The number of H-pyrrole nitrogens is 2. The lowest BCUT2D eigenvalue weighted by atomic mass is 10.0. The molecule has 2 heterocycles. The summed E-state index contributed by atoms with van der Waals surface area (Å²) < 4.78 is 0. The third kappa shape index (κ3) is 3.62. The van der Waals surface area contributed by atoms with Gasteiger partial charge in [-0.25, -0.2) is 0 Å². The van der Waals surface area contributed by atoms with Gasteiger partial charge in [-0.2, -0.15) is 5.10 Å². The average molecular weight is 394 g/mol. The van der Waals surface area contributed by atoms with Gasteiger partial charge in [0.15, 0.2) is 11.0 Å². The number of thioether (sulfide) groups is 1. The van der Waals surface area contributed by atoms with E-state index in [1.54, 1.807) is 6.20 Å². The molecule has 0 unspecified atom stereocenters. The number of nitrogens with zero attached hydrogens (tertiary/aromatic N) is 4. The lowest BCUT2D eigenvalue weighted by Gasteiger charge is -2.05. The van der Waals surface area contributed by atoms with Crippen molar-refractivity contribution in [2.75, 3.05) is 5.75 Å². The molecular weight excluding hydrogens is 380 g/mol. The Balaban J connectivity index is 1.75. The maximum atomic E-state index is 11.4. The second kappa shape index (κ2) is 7.24. The van der Waals surface area contributed by atoms with Crippen molar-refractivity contribution in [3.8, 4) is 22.5 Å². The number of non-ortho nitro benzene ring substituents is 1. The summed E-state index contributed by atoms with van der Waals surface area (Å²) in [6, 6.07) is 10.4. The third-order valence-corrected chi connectivity index (χ3v) is 5.06. The van der Waals surface area contributed by atoms with Gasteiger partial charge in [-0.1, -0.05) is 23.9 Å². The van der Waals surface area contributed by atoms with Crippen molar-refractivity contribution in [1.29, 1.82) is 0 Å². The Morgan fingerprint density at radius 3 is 2.75 bits per heavy atom. The van der Waals surface area contributed by atoms with Gasteiger partial charge < -0.3 is 4.98 Å². The van der Waals surface area contributed by atoms with Gasteiger partial charge >= 0.3 is 0 Å². The van der Waals surface area contributed by atoms with Gasteiger partial charge in [-0.3, -0.25) is 20.0 Å². The minimum absolute atomic E-state index is 0.0229. The lowest BCUT2D eigenvalue weighted by Crippen LogP contribution is -1.93. The molecule has 28 heavy (non-hydrogen) atoms. The van der Waals surface area contributed by atoms with Crippen LogP contribution in [-0.4, -0.2) is 41.8 Å². The quantitative estimate of drug-likeness (QED) is 0.290. The second-order valence-corrected chi connectivity index (χ2v) is 7.13. The molecule has 2 N–H and O–H groups in total. The number of aromatic nitrogens is 5. The smallest absolute Gasteiger partial charge is 0.270 e. The second-order valence-electron chi connectivity index (χ2n) is 6.17. The van der Waals surface area contributed by atoms with Crippen LogP contribution in [0.1, 0.15) is 6.92 Å². The van der Waals surface area contributed by atoms with Crippen LogP contribution in [0.5, 0.6) is 0 Å². The molecule has 0 aliphatic heterocycles. The summed E-state index contributed by atoms with van der Waals surface area (Å²) in [5.74, 6) is 0.701. The van der Waals surface area contributed by atoms with Gasteiger partial charge in [-0.15, -0.1) is 10.2 Å². The normalized spacial score (nSPS) is 11.0. The molecule has 4 aromatic rings. The standard InChI is InChI=1S/C18H14N6O3S/c1-10(25)9-28-18-20-17(22-23-18)14-4-13(5-15(6-14)24(26)27)11-2-3-12-8-19-21-16(12)7-11/h2-8H,9H2,1H3,(H,19,21)(H,20,22,23). The lowest BCUT2D eigenvalue weighted by molar-refractivity contribution is -0.384. The van der Waals surface area contributed by atoms with E-state index in [0.29, 0.717) is 22.1 Å². The highest BCUT2D eigenvalue weighted by Gasteiger charge is 2.15. The summed E-state index contributed by atoms with van der Waals surface area (Å²) in [6.45, 7) is 1.49. The molecule has 0 aliphatic carbocycles. The summed E-state index contributed by atoms with van der Waals surface area (Å²) in [6.07, 6.45) is 1.72. The van der Waals surface area contributed by atoms with Crippen LogP contribution in [0, 0.1) is 10.1 Å². The molecular formula is C18H14N6O3S. The first-order chi connectivity index (χ1) is 13.5. The Hall–Kier alpha value is -3.53. The Labute approximate surface area is 162 Å². The molecule has 10 heteroatoms. The molecule has 0 saturated heterocycles. The van der Waals surface area contributed by atoms with Crippen LogP contribution in [0.2, 0.25) is 0 Å². The number of Topliss-reactive ketones (excluding diaryl/α,β-unsaturated/α-hetero) is 1. The minimum atomic E-state index is -0.441. The van der Waals surface area contributed by atoms with Crippen LogP contribution < -0.4 is 0 Å². The molecule has 0 radical (unpaired) electrons. The predicted molar refractivity (Wildman–Crippen MR) is 105 cm³/mol. The van der Waals surface area contributed by atoms with Gasteiger partial charge in [0, 0.05) is 23.1 Å². The Bertz CT molecular complexity index is 1200. The van der Waals surface area contributed by atoms with Crippen molar-refractivity contribution < 1.29 is 9.72 Å². The van der Waals surface area contributed by atoms with Crippen molar-refractivity contribution in [2.24, 2.45) is 0 Å². The average Bonchev–Trinajstić information content (AvgIpc) is 3.34. The molecule has 4 rings (SSSR count). The Morgan fingerprint density at radius 1 is 1.14 bits per heavy atom. The Morgan fingerprint density at radius 2 is 1.96 bits per heavy atom. The van der Waals surface area contributed by atoms with Gasteiger partial charge in [0.1, 0.15) is 5.78 Å². The molecule has 0 amide bonds. The van der Waals surface area contributed by atoms with Crippen molar-refractivity contribution in [1.82, 2.24) is 25.4 Å². The van der Waals surface area contributed by atoms with Crippen LogP contribution in [0.4, 0.5) is 5.69 Å². The van der Waals surface area contributed by atoms with E-state index in [4.69, 9.17) is 0 Å². The van der Waals surface area contributed by atoms with Gasteiger partial charge in [0.25, 0.3) is 5.69 Å². The number of carbonyl (C=O) groups is 1. The zero-order chi connectivity index (χ0) is 19.7. The Kier molecular flexibility index (Phi) is 4.62. The molecule has 0 saturated carbocycles. The van der Waals surface area contributed by atoms with Crippen LogP contribution in [0.15, 0.2) is 47.8 Å². The van der Waals surface area contributed by atoms with Crippen LogP contribution >= 0.6 is 11.8 Å². The maximum Gasteiger partial charge on any atom is 0.270 e. The number of ketones is 1. The zero-order valence-corrected chi connectivity index (χ0v) is 15.5. The van der Waals surface area contributed by atoms with E-state index in [0.717, 1.165) is 16.5 Å². The number of benzene rings is 2. The van der Waals surface area contributed by atoms with E-state index in [9.17, 15) is 14.9 Å². The fraction of sp³-hybridized carbons (Fsp3) is 0.111. The fourth-order valence-corrected chi connectivity index (χ4v) is 3.36. The first-order valence-electron chi connectivity index (χ1n) is 8.28. The molecule has 0 fully saturated rings. The highest BCUT2D eigenvalue weighted by molar-refractivity contribution is 7.99. The number of hydrogen-bond acceptors (Lipinski definition) is 7. The molecule has 0 spiro atoms. The number of fused-ring (bicyclic) bond motifs is 1. The van der Waals surface area contributed by atoms with E-state index >= 15 is 0 Å². The third-order valence-electron chi connectivity index (χ3n) is 4.06. The van der Waals surface area contributed by atoms with Crippen LogP contribution in [0.25, 0.3) is 33.4 Å².